The fraction of sp³-hybridized carbons (Fsp3) is 0.412. The highest BCUT2D eigenvalue weighted by Gasteiger charge is 2.21. The van der Waals surface area contributed by atoms with Gasteiger partial charge in [-0.05, 0) is 31.2 Å². The lowest BCUT2D eigenvalue weighted by Gasteiger charge is -2.18. The minimum absolute atomic E-state index is 0. The van der Waals surface area contributed by atoms with Crippen LogP contribution in [0.1, 0.15) is 16.9 Å². The predicted octanol–water partition coefficient (Wildman–Crippen LogP) is 2.86. The first-order valence-corrected chi connectivity index (χ1v) is 9.05. The molecule has 2 aliphatic heterocycles. The molecule has 1 aromatic carbocycles. The third kappa shape index (κ3) is 4.40. The van der Waals surface area contributed by atoms with Crippen LogP contribution in [0.3, 0.4) is 0 Å². The zero-order chi connectivity index (χ0) is 16.4. The predicted molar refractivity (Wildman–Crippen MR) is 106 cm³/mol. The lowest BCUT2D eigenvalue weighted by Crippen LogP contribution is -2.34. The van der Waals surface area contributed by atoms with E-state index in [1.807, 2.05) is 28.5 Å². The summed E-state index contributed by atoms with van der Waals surface area (Å²) in [6.07, 6.45) is 0.977. The summed E-state index contributed by atoms with van der Waals surface area (Å²) in [5, 5.41) is 5.97. The van der Waals surface area contributed by atoms with Gasteiger partial charge in [0.15, 0.2) is 11.5 Å². The summed E-state index contributed by atoms with van der Waals surface area (Å²) >= 11 is 1.48. The number of ether oxygens (including phenoxy) is 2. The van der Waals surface area contributed by atoms with Gasteiger partial charge in [0.1, 0.15) is 23.9 Å². The molecule has 26 heavy (non-hydrogen) atoms. The van der Waals surface area contributed by atoms with Crippen LogP contribution < -0.4 is 14.8 Å². The van der Waals surface area contributed by atoms with Crippen molar-refractivity contribution in [2.45, 2.75) is 6.42 Å². The maximum atomic E-state index is 12.6. The van der Waals surface area contributed by atoms with Gasteiger partial charge in [0, 0.05) is 30.6 Å². The molecule has 2 aromatic rings. The quantitative estimate of drug-likeness (QED) is 0.813. The Kier molecular flexibility index (Phi) is 7.52. The number of thiazole rings is 1. The molecule has 1 saturated heterocycles. The number of benzene rings is 1. The van der Waals surface area contributed by atoms with E-state index >= 15 is 0 Å². The van der Waals surface area contributed by atoms with Crippen LogP contribution in [0.5, 0.6) is 11.5 Å². The molecule has 1 aromatic heterocycles. The van der Waals surface area contributed by atoms with Gasteiger partial charge in [-0.25, -0.2) is 4.98 Å². The second-order valence-electron chi connectivity index (χ2n) is 5.79. The molecule has 1 N–H and O–H groups in total. The Morgan fingerprint density at radius 2 is 1.92 bits per heavy atom. The van der Waals surface area contributed by atoms with E-state index < -0.39 is 0 Å². The first-order chi connectivity index (χ1) is 11.8. The van der Waals surface area contributed by atoms with Gasteiger partial charge in [-0.1, -0.05) is 0 Å². The Morgan fingerprint density at radius 1 is 1.12 bits per heavy atom. The number of rotatable bonds is 2. The van der Waals surface area contributed by atoms with Gasteiger partial charge in [-0.3, -0.25) is 4.79 Å². The van der Waals surface area contributed by atoms with Crippen molar-refractivity contribution in [3.8, 4) is 22.1 Å². The van der Waals surface area contributed by atoms with Crippen molar-refractivity contribution < 1.29 is 14.3 Å². The molecule has 0 saturated carbocycles. The molecule has 0 radical (unpaired) electrons. The van der Waals surface area contributed by atoms with E-state index in [0.717, 1.165) is 54.7 Å². The monoisotopic (exact) mass is 417 g/mol. The van der Waals surface area contributed by atoms with Crippen LogP contribution in [0.15, 0.2) is 23.6 Å². The summed E-state index contributed by atoms with van der Waals surface area (Å²) in [5.41, 5.74) is 1.47. The van der Waals surface area contributed by atoms with E-state index in [2.05, 4.69) is 10.3 Å². The highest BCUT2D eigenvalue weighted by molar-refractivity contribution is 7.13. The number of fused-ring (bicyclic) bond motifs is 1. The summed E-state index contributed by atoms with van der Waals surface area (Å²) in [6.45, 7) is 4.45. The van der Waals surface area contributed by atoms with E-state index in [4.69, 9.17) is 9.47 Å². The highest BCUT2D eigenvalue weighted by atomic mass is 35.5. The fourth-order valence-electron chi connectivity index (χ4n) is 2.89. The smallest absolute Gasteiger partial charge is 0.273 e. The van der Waals surface area contributed by atoms with Crippen molar-refractivity contribution in [1.29, 1.82) is 0 Å². The second kappa shape index (κ2) is 9.41. The number of amides is 1. The maximum absolute atomic E-state index is 12.6. The van der Waals surface area contributed by atoms with Crippen molar-refractivity contribution in [2.75, 3.05) is 39.4 Å². The van der Waals surface area contributed by atoms with Crippen LogP contribution in [0.2, 0.25) is 0 Å². The third-order valence-corrected chi connectivity index (χ3v) is 5.03. The SMILES string of the molecule is Cl.Cl.O=C(c1csc(-c2ccc3c(c2)OCCO3)n1)N1CCCNCC1. The minimum atomic E-state index is 0. The molecule has 0 spiro atoms. The lowest BCUT2D eigenvalue weighted by molar-refractivity contribution is 0.0761. The maximum Gasteiger partial charge on any atom is 0.273 e. The zero-order valence-corrected chi connectivity index (χ0v) is 16.6. The third-order valence-electron chi connectivity index (χ3n) is 4.14. The van der Waals surface area contributed by atoms with Gasteiger partial charge in [-0.15, -0.1) is 36.2 Å². The number of nitrogens with one attached hydrogen (secondary N) is 1. The second-order valence-corrected chi connectivity index (χ2v) is 6.65. The molecule has 2 aliphatic rings. The van der Waals surface area contributed by atoms with Crippen molar-refractivity contribution in [3.05, 3.63) is 29.3 Å². The van der Waals surface area contributed by atoms with Crippen LogP contribution in [-0.2, 0) is 0 Å². The van der Waals surface area contributed by atoms with Crippen LogP contribution >= 0.6 is 36.2 Å². The van der Waals surface area contributed by atoms with Crippen molar-refractivity contribution in [3.63, 3.8) is 0 Å². The van der Waals surface area contributed by atoms with Crippen molar-refractivity contribution >= 4 is 42.1 Å². The zero-order valence-electron chi connectivity index (χ0n) is 14.1. The van der Waals surface area contributed by atoms with E-state index in [9.17, 15) is 4.79 Å². The highest BCUT2D eigenvalue weighted by Crippen LogP contribution is 2.35. The van der Waals surface area contributed by atoms with Gasteiger partial charge in [0.05, 0.1) is 0 Å². The van der Waals surface area contributed by atoms with Crippen LogP contribution in [-0.4, -0.2) is 55.2 Å². The molecule has 0 atom stereocenters. The van der Waals surface area contributed by atoms with Gasteiger partial charge in [0.25, 0.3) is 5.91 Å². The van der Waals surface area contributed by atoms with Crippen LogP contribution in [0, 0.1) is 0 Å². The number of hydrogen-bond acceptors (Lipinski definition) is 6. The molecule has 0 aliphatic carbocycles. The Hall–Kier alpha value is -1.54. The fourth-order valence-corrected chi connectivity index (χ4v) is 3.68. The summed E-state index contributed by atoms with van der Waals surface area (Å²) in [4.78, 5) is 19.1. The number of carbonyl (C=O) groups excluding carboxylic acids is 1. The van der Waals surface area contributed by atoms with E-state index in [1.54, 1.807) is 0 Å². The molecule has 4 rings (SSSR count). The summed E-state index contributed by atoms with van der Waals surface area (Å²) in [6, 6.07) is 5.78. The minimum Gasteiger partial charge on any atom is -0.486 e. The van der Waals surface area contributed by atoms with Gasteiger partial charge >= 0.3 is 0 Å². The van der Waals surface area contributed by atoms with Crippen molar-refractivity contribution in [2.24, 2.45) is 0 Å². The number of halogens is 2. The molecular formula is C17H21Cl2N3O3S. The van der Waals surface area contributed by atoms with E-state index in [1.165, 1.54) is 11.3 Å². The molecule has 9 heteroatoms. The van der Waals surface area contributed by atoms with Gasteiger partial charge in [0.2, 0.25) is 0 Å². The average molecular weight is 418 g/mol. The number of hydrogen-bond donors (Lipinski definition) is 1. The summed E-state index contributed by atoms with van der Waals surface area (Å²) < 4.78 is 11.2. The molecule has 6 nitrogen and oxygen atoms in total. The number of aromatic nitrogens is 1. The molecule has 3 heterocycles. The average Bonchev–Trinajstić information content (AvgIpc) is 2.96. The first kappa shape index (κ1) is 20.8. The Morgan fingerprint density at radius 3 is 2.77 bits per heavy atom. The normalized spacial score (nSPS) is 16.1. The van der Waals surface area contributed by atoms with Gasteiger partial charge < -0.3 is 19.7 Å². The summed E-state index contributed by atoms with van der Waals surface area (Å²) in [5.74, 6) is 1.51. The van der Waals surface area contributed by atoms with Crippen LogP contribution in [0.25, 0.3) is 10.6 Å². The lowest BCUT2D eigenvalue weighted by atomic mass is 10.2. The molecule has 0 bridgehead atoms. The number of nitrogens with zero attached hydrogens (tertiary/aromatic N) is 2. The molecule has 0 unspecified atom stereocenters. The Balaban J connectivity index is 0.00000121. The first-order valence-electron chi connectivity index (χ1n) is 8.17. The van der Waals surface area contributed by atoms with E-state index in [0.29, 0.717) is 18.9 Å². The Labute approximate surface area is 168 Å². The molecule has 1 fully saturated rings. The van der Waals surface area contributed by atoms with Crippen LogP contribution in [0.4, 0.5) is 0 Å². The largest absolute Gasteiger partial charge is 0.486 e. The summed E-state index contributed by atoms with van der Waals surface area (Å²) in [7, 11) is 0. The topological polar surface area (TPSA) is 63.7 Å². The molecule has 1 amide bonds. The standard InChI is InChI=1S/C17H19N3O3S.2ClH/c21-17(20-6-1-4-18-5-7-20)13-11-24-16(19-13)12-2-3-14-15(10-12)23-9-8-22-14;;/h2-3,10-11,18H,1,4-9H2;2*1H. The molecular weight excluding hydrogens is 397 g/mol. The molecule has 142 valence electrons. The van der Waals surface area contributed by atoms with E-state index in [-0.39, 0.29) is 30.7 Å². The van der Waals surface area contributed by atoms with Crippen molar-refractivity contribution in [1.82, 2.24) is 15.2 Å². The Bertz CT molecular complexity index is 749. The number of carbonyl (C=O) groups is 1. The van der Waals surface area contributed by atoms with Gasteiger partial charge in [-0.2, -0.15) is 0 Å².